The van der Waals surface area contributed by atoms with Crippen LogP contribution in [0.15, 0.2) is 10.7 Å². The maximum Gasteiger partial charge on any atom is 0.273 e. The van der Waals surface area contributed by atoms with Gasteiger partial charge in [0.25, 0.3) is 5.91 Å². The second-order valence-electron chi connectivity index (χ2n) is 4.50. The summed E-state index contributed by atoms with van der Waals surface area (Å²) in [7, 11) is 0. The second kappa shape index (κ2) is 6.51. The minimum Gasteiger partial charge on any atom is -0.446 e. The van der Waals surface area contributed by atoms with Crippen LogP contribution in [0.3, 0.4) is 0 Å². The Morgan fingerprint density at radius 2 is 2.28 bits per heavy atom. The van der Waals surface area contributed by atoms with Gasteiger partial charge >= 0.3 is 0 Å². The molecule has 1 heterocycles. The molecule has 6 heteroatoms. The van der Waals surface area contributed by atoms with E-state index in [2.05, 4.69) is 17.2 Å². The summed E-state index contributed by atoms with van der Waals surface area (Å²) in [5.41, 5.74) is 5.85. The molecule has 102 valence electrons. The first kappa shape index (κ1) is 14.7. The normalized spacial score (nSPS) is 16.1. The third-order valence-corrected chi connectivity index (χ3v) is 2.66. The topological polar surface area (TPSA) is 101 Å². The molecule has 0 bridgehead atoms. The number of nitrogens with two attached hydrogens (primary N) is 1. The number of rotatable bonds is 6. The summed E-state index contributed by atoms with van der Waals surface area (Å²) in [4.78, 5) is 15.8. The summed E-state index contributed by atoms with van der Waals surface area (Å²) in [6, 6.07) is -0.632. The van der Waals surface area contributed by atoms with Gasteiger partial charge in [-0.25, -0.2) is 4.98 Å². The van der Waals surface area contributed by atoms with Gasteiger partial charge in [-0.05, 0) is 20.3 Å². The number of carbonyl (C=O) groups is 1. The number of aliphatic hydroxyl groups excluding tert-OH is 1. The molecule has 3 unspecified atom stereocenters. The van der Waals surface area contributed by atoms with Crippen molar-refractivity contribution >= 4 is 5.91 Å². The third-order valence-electron chi connectivity index (χ3n) is 2.66. The molecular weight excluding hydrogens is 234 g/mol. The number of amides is 1. The molecule has 0 saturated carbocycles. The zero-order valence-electron chi connectivity index (χ0n) is 11.0. The van der Waals surface area contributed by atoms with Gasteiger partial charge in [-0.1, -0.05) is 13.3 Å². The lowest BCUT2D eigenvalue weighted by atomic mass is 10.2. The number of hydrogen-bond donors (Lipinski definition) is 3. The summed E-state index contributed by atoms with van der Waals surface area (Å²) in [6.07, 6.45) is 2.38. The van der Waals surface area contributed by atoms with Crippen molar-refractivity contribution in [3.63, 3.8) is 0 Å². The molecule has 0 aromatic carbocycles. The molecule has 0 fully saturated rings. The van der Waals surface area contributed by atoms with Crippen LogP contribution < -0.4 is 11.1 Å². The number of nitrogens with one attached hydrogen (secondary N) is 1. The lowest BCUT2D eigenvalue weighted by Crippen LogP contribution is -2.32. The Labute approximate surface area is 107 Å². The Balaban J connectivity index is 2.65. The quantitative estimate of drug-likeness (QED) is 0.703. The zero-order chi connectivity index (χ0) is 13.7. The molecule has 0 radical (unpaired) electrons. The Kier molecular flexibility index (Phi) is 5.30. The summed E-state index contributed by atoms with van der Waals surface area (Å²) in [5, 5.41) is 12.1. The van der Waals surface area contributed by atoms with Gasteiger partial charge in [-0.15, -0.1) is 0 Å². The highest BCUT2D eigenvalue weighted by molar-refractivity contribution is 5.92. The van der Waals surface area contributed by atoms with Crippen molar-refractivity contribution in [1.82, 2.24) is 10.3 Å². The van der Waals surface area contributed by atoms with Crippen molar-refractivity contribution in [2.45, 2.75) is 51.8 Å². The van der Waals surface area contributed by atoms with Crippen LogP contribution in [0.25, 0.3) is 0 Å². The minimum absolute atomic E-state index is 0.0908. The molecule has 0 aliphatic carbocycles. The van der Waals surface area contributed by atoms with E-state index < -0.39 is 12.1 Å². The SMILES string of the molecule is CCCC(C)NC(=O)c1coc(C(N)C(C)O)n1. The van der Waals surface area contributed by atoms with Crippen LogP contribution in [0.1, 0.15) is 56.0 Å². The number of hydrogen-bond acceptors (Lipinski definition) is 5. The fourth-order valence-corrected chi connectivity index (χ4v) is 1.55. The molecule has 4 N–H and O–H groups in total. The largest absolute Gasteiger partial charge is 0.446 e. The van der Waals surface area contributed by atoms with Crippen LogP contribution in [-0.4, -0.2) is 28.1 Å². The Morgan fingerprint density at radius 3 is 2.83 bits per heavy atom. The fourth-order valence-electron chi connectivity index (χ4n) is 1.55. The van der Waals surface area contributed by atoms with Crippen LogP contribution >= 0.6 is 0 Å². The molecule has 1 amide bonds. The van der Waals surface area contributed by atoms with Gasteiger partial charge in [0.15, 0.2) is 5.69 Å². The monoisotopic (exact) mass is 255 g/mol. The first-order valence-electron chi connectivity index (χ1n) is 6.15. The van der Waals surface area contributed by atoms with E-state index in [4.69, 9.17) is 10.2 Å². The number of aromatic nitrogens is 1. The van der Waals surface area contributed by atoms with Gasteiger partial charge in [0.1, 0.15) is 12.3 Å². The highest BCUT2D eigenvalue weighted by Gasteiger charge is 2.20. The standard InChI is InChI=1S/C12H21N3O3/c1-4-5-7(2)14-11(17)9-6-18-12(15-9)10(13)8(3)16/h6-8,10,16H,4-5,13H2,1-3H3,(H,14,17). The lowest BCUT2D eigenvalue weighted by Gasteiger charge is -2.11. The van der Waals surface area contributed by atoms with Crippen LogP contribution in [-0.2, 0) is 0 Å². The average molecular weight is 255 g/mol. The highest BCUT2D eigenvalue weighted by Crippen LogP contribution is 2.13. The predicted molar refractivity (Wildman–Crippen MR) is 66.9 cm³/mol. The number of carbonyl (C=O) groups excluding carboxylic acids is 1. The molecule has 0 saturated heterocycles. The van der Waals surface area contributed by atoms with Gasteiger partial charge in [-0.3, -0.25) is 4.79 Å². The van der Waals surface area contributed by atoms with E-state index in [1.54, 1.807) is 0 Å². The Hall–Kier alpha value is -1.40. The van der Waals surface area contributed by atoms with Gasteiger partial charge in [0.2, 0.25) is 5.89 Å². The van der Waals surface area contributed by atoms with Crippen LogP contribution in [0, 0.1) is 0 Å². The number of nitrogens with zero attached hydrogens (tertiary/aromatic N) is 1. The molecule has 0 spiro atoms. The maximum absolute atomic E-state index is 11.8. The van der Waals surface area contributed by atoms with Gasteiger partial charge < -0.3 is 20.6 Å². The fraction of sp³-hybridized carbons (Fsp3) is 0.667. The molecule has 1 aromatic heterocycles. The molecule has 1 rings (SSSR count). The Morgan fingerprint density at radius 1 is 1.61 bits per heavy atom. The zero-order valence-corrected chi connectivity index (χ0v) is 11.0. The van der Waals surface area contributed by atoms with E-state index in [1.807, 2.05) is 6.92 Å². The maximum atomic E-state index is 11.8. The summed E-state index contributed by atoms with van der Waals surface area (Å²) < 4.78 is 5.09. The molecule has 0 aliphatic heterocycles. The second-order valence-corrected chi connectivity index (χ2v) is 4.50. The lowest BCUT2D eigenvalue weighted by molar-refractivity contribution is 0.0933. The number of oxazole rings is 1. The summed E-state index contributed by atoms with van der Waals surface area (Å²) in [6.45, 7) is 5.53. The highest BCUT2D eigenvalue weighted by atomic mass is 16.3. The minimum atomic E-state index is -0.779. The van der Waals surface area contributed by atoms with Crippen molar-refractivity contribution in [3.8, 4) is 0 Å². The van der Waals surface area contributed by atoms with Crippen molar-refractivity contribution in [3.05, 3.63) is 17.8 Å². The first-order chi connectivity index (χ1) is 8.45. The predicted octanol–water partition coefficient (Wildman–Crippen LogP) is 0.974. The van der Waals surface area contributed by atoms with Crippen molar-refractivity contribution in [1.29, 1.82) is 0 Å². The third kappa shape index (κ3) is 3.82. The van der Waals surface area contributed by atoms with E-state index in [1.165, 1.54) is 13.2 Å². The average Bonchev–Trinajstić information content (AvgIpc) is 2.77. The smallest absolute Gasteiger partial charge is 0.273 e. The first-order valence-corrected chi connectivity index (χ1v) is 6.15. The van der Waals surface area contributed by atoms with E-state index in [0.29, 0.717) is 0 Å². The molecule has 0 aliphatic rings. The van der Waals surface area contributed by atoms with Crippen LogP contribution in [0.2, 0.25) is 0 Å². The Bertz CT molecular complexity index is 390. The molecule has 3 atom stereocenters. The van der Waals surface area contributed by atoms with E-state index in [-0.39, 0.29) is 23.5 Å². The molecule has 18 heavy (non-hydrogen) atoms. The van der Waals surface area contributed by atoms with E-state index in [9.17, 15) is 9.90 Å². The molecule has 1 aromatic rings. The van der Waals surface area contributed by atoms with Crippen molar-refractivity contribution in [2.75, 3.05) is 0 Å². The molecular formula is C12H21N3O3. The molecule has 6 nitrogen and oxygen atoms in total. The van der Waals surface area contributed by atoms with E-state index >= 15 is 0 Å². The van der Waals surface area contributed by atoms with Gasteiger partial charge in [0.05, 0.1) is 6.10 Å². The van der Waals surface area contributed by atoms with Crippen molar-refractivity contribution < 1.29 is 14.3 Å². The van der Waals surface area contributed by atoms with Crippen molar-refractivity contribution in [2.24, 2.45) is 5.73 Å². The van der Waals surface area contributed by atoms with Gasteiger partial charge in [-0.2, -0.15) is 0 Å². The van der Waals surface area contributed by atoms with Crippen LogP contribution in [0.4, 0.5) is 0 Å². The van der Waals surface area contributed by atoms with Gasteiger partial charge in [0, 0.05) is 6.04 Å². The van der Waals surface area contributed by atoms with E-state index in [0.717, 1.165) is 12.8 Å². The number of aliphatic hydroxyl groups is 1. The summed E-state index contributed by atoms with van der Waals surface area (Å²) in [5.74, 6) is -0.123. The summed E-state index contributed by atoms with van der Waals surface area (Å²) >= 11 is 0. The van der Waals surface area contributed by atoms with Crippen LogP contribution in [0.5, 0.6) is 0 Å².